The normalized spacial score (nSPS) is 10.9. The van der Waals surface area contributed by atoms with Gasteiger partial charge in [0.15, 0.2) is 0 Å². The lowest BCUT2D eigenvalue weighted by atomic mass is 10.1. The molecule has 0 atom stereocenters. The zero-order valence-electron chi connectivity index (χ0n) is 13.4. The molecule has 124 valence electrons. The number of imidazole rings is 1. The molecule has 0 saturated carbocycles. The molecule has 2 aromatic carbocycles. The fourth-order valence-corrected chi connectivity index (χ4v) is 2.76. The SMILES string of the molecule is Cc1oc(-c2ccccc2)cc1C(=O)Nc1ccc2[nH]c(=O)[nH]c2c1. The quantitative estimate of drug-likeness (QED) is 0.534. The maximum atomic E-state index is 12.6. The van der Waals surface area contributed by atoms with Crippen molar-refractivity contribution in [1.29, 1.82) is 0 Å². The first-order valence-electron chi connectivity index (χ1n) is 7.79. The van der Waals surface area contributed by atoms with Crippen molar-refractivity contribution in [2.75, 3.05) is 5.32 Å². The van der Waals surface area contributed by atoms with E-state index >= 15 is 0 Å². The van der Waals surface area contributed by atoms with Gasteiger partial charge >= 0.3 is 5.69 Å². The lowest BCUT2D eigenvalue weighted by Gasteiger charge is -2.04. The Morgan fingerprint density at radius 1 is 1.00 bits per heavy atom. The average Bonchev–Trinajstić information content (AvgIpc) is 3.17. The van der Waals surface area contributed by atoms with E-state index in [4.69, 9.17) is 4.42 Å². The molecule has 25 heavy (non-hydrogen) atoms. The summed E-state index contributed by atoms with van der Waals surface area (Å²) in [6.07, 6.45) is 0. The molecule has 0 aliphatic carbocycles. The third kappa shape index (κ3) is 2.85. The summed E-state index contributed by atoms with van der Waals surface area (Å²) in [5.74, 6) is 0.932. The van der Waals surface area contributed by atoms with E-state index in [9.17, 15) is 9.59 Å². The van der Waals surface area contributed by atoms with Gasteiger partial charge in [-0.1, -0.05) is 30.3 Å². The molecule has 0 aliphatic heterocycles. The van der Waals surface area contributed by atoms with Gasteiger partial charge in [0.05, 0.1) is 16.6 Å². The second-order valence-electron chi connectivity index (χ2n) is 5.74. The van der Waals surface area contributed by atoms with Crippen LogP contribution in [-0.2, 0) is 0 Å². The highest BCUT2D eigenvalue weighted by Crippen LogP contribution is 2.26. The largest absolute Gasteiger partial charge is 0.461 e. The van der Waals surface area contributed by atoms with Crippen molar-refractivity contribution in [2.24, 2.45) is 0 Å². The first-order chi connectivity index (χ1) is 12.1. The molecule has 6 nitrogen and oxygen atoms in total. The Morgan fingerprint density at radius 2 is 1.76 bits per heavy atom. The lowest BCUT2D eigenvalue weighted by molar-refractivity contribution is 0.102. The Kier molecular flexibility index (Phi) is 3.50. The van der Waals surface area contributed by atoms with Gasteiger partial charge in [0.1, 0.15) is 11.5 Å². The van der Waals surface area contributed by atoms with Crippen LogP contribution in [0, 0.1) is 6.92 Å². The number of aromatic amines is 2. The molecular formula is C19H15N3O3. The van der Waals surface area contributed by atoms with E-state index in [1.807, 2.05) is 30.3 Å². The predicted molar refractivity (Wildman–Crippen MR) is 95.8 cm³/mol. The summed E-state index contributed by atoms with van der Waals surface area (Å²) in [5.41, 5.74) is 3.02. The van der Waals surface area contributed by atoms with E-state index in [1.54, 1.807) is 31.2 Å². The molecule has 4 aromatic rings. The Balaban J connectivity index is 1.62. The van der Waals surface area contributed by atoms with Crippen molar-refractivity contribution in [3.63, 3.8) is 0 Å². The average molecular weight is 333 g/mol. The minimum absolute atomic E-state index is 0.263. The van der Waals surface area contributed by atoms with Crippen LogP contribution in [0.1, 0.15) is 16.1 Å². The van der Waals surface area contributed by atoms with Crippen molar-refractivity contribution in [3.8, 4) is 11.3 Å². The molecule has 2 heterocycles. The van der Waals surface area contributed by atoms with Gasteiger partial charge in [-0.05, 0) is 31.2 Å². The summed E-state index contributed by atoms with van der Waals surface area (Å²) < 4.78 is 5.72. The number of aryl methyl sites for hydroxylation is 1. The number of furan rings is 1. The molecule has 4 rings (SSSR count). The molecule has 2 aromatic heterocycles. The minimum Gasteiger partial charge on any atom is -0.461 e. The molecule has 6 heteroatoms. The first-order valence-corrected chi connectivity index (χ1v) is 7.79. The number of nitrogens with one attached hydrogen (secondary N) is 3. The summed E-state index contributed by atoms with van der Waals surface area (Å²) >= 11 is 0. The van der Waals surface area contributed by atoms with Crippen molar-refractivity contribution >= 4 is 22.6 Å². The van der Waals surface area contributed by atoms with E-state index in [2.05, 4.69) is 15.3 Å². The van der Waals surface area contributed by atoms with Crippen molar-refractivity contribution in [3.05, 3.63) is 76.4 Å². The van der Waals surface area contributed by atoms with E-state index in [0.717, 1.165) is 5.56 Å². The van der Waals surface area contributed by atoms with E-state index in [1.165, 1.54) is 0 Å². The standard InChI is InChI=1S/C19H15N3O3/c1-11-14(10-17(25-11)12-5-3-2-4-6-12)18(23)20-13-7-8-15-16(9-13)22-19(24)21-15/h2-10H,1H3,(H,20,23)(H2,21,22,24). The highest BCUT2D eigenvalue weighted by atomic mass is 16.3. The Morgan fingerprint density at radius 3 is 2.56 bits per heavy atom. The zero-order valence-corrected chi connectivity index (χ0v) is 13.4. The molecule has 0 unspecified atom stereocenters. The molecule has 0 aliphatic rings. The number of hydrogen-bond donors (Lipinski definition) is 3. The Labute approximate surface area is 142 Å². The van der Waals surface area contributed by atoms with Gasteiger partial charge in [-0.25, -0.2) is 4.79 Å². The number of rotatable bonds is 3. The van der Waals surface area contributed by atoms with Crippen LogP contribution in [0.5, 0.6) is 0 Å². The summed E-state index contributed by atoms with van der Waals surface area (Å²) in [6.45, 7) is 1.76. The van der Waals surface area contributed by atoms with Gasteiger partial charge in [-0.2, -0.15) is 0 Å². The van der Waals surface area contributed by atoms with E-state index in [0.29, 0.717) is 33.8 Å². The predicted octanol–water partition coefficient (Wildman–Crippen LogP) is 3.68. The van der Waals surface area contributed by atoms with Gasteiger partial charge in [0.25, 0.3) is 5.91 Å². The second-order valence-corrected chi connectivity index (χ2v) is 5.74. The molecule has 0 spiro atoms. The minimum atomic E-state index is -0.281. The zero-order chi connectivity index (χ0) is 17.4. The number of carbonyl (C=O) groups excluding carboxylic acids is 1. The summed E-state index contributed by atoms with van der Waals surface area (Å²) in [6, 6.07) is 16.5. The number of hydrogen-bond acceptors (Lipinski definition) is 3. The maximum Gasteiger partial charge on any atom is 0.323 e. The van der Waals surface area contributed by atoms with Crippen molar-refractivity contribution in [1.82, 2.24) is 9.97 Å². The Bertz CT molecular complexity index is 1120. The van der Waals surface area contributed by atoms with E-state index in [-0.39, 0.29) is 11.6 Å². The topological polar surface area (TPSA) is 90.9 Å². The van der Waals surface area contributed by atoms with Crippen LogP contribution < -0.4 is 11.0 Å². The first kappa shape index (κ1) is 15.0. The van der Waals surface area contributed by atoms with Gasteiger partial charge in [-0.15, -0.1) is 0 Å². The van der Waals surface area contributed by atoms with Gasteiger partial charge < -0.3 is 19.7 Å². The van der Waals surface area contributed by atoms with Crippen LogP contribution in [0.4, 0.5) is 5.69 Å². The maximum absolute atomic E-state index is 12.6. The van der Waals surface area contributed by atoms with E-state index < -0.39 is 0 Å². The number of fused-ring (bicyclic) bond motifs is 1. The second kappa shape index (κ2) is 5.83. The molecule has 0 fully saturated rings. The number of H-pyrrole nitrogens is 2. The lowest BCUT2D eigenvalue weighted by Crippen LogP contribution is -2.12. The molecule has 0 saturated heterocycles. The summed E-state index contributed by atoms with van der Waals surface area (Å²) in [7, 11) is 0. The third-order valence-corrected chi connectivity index (χ3v) is 3.99. The fraction of sp³-hybridized carbons (Fsp3) is 0.0526. The van der Waals surface area contributed by atoms with Crippen LogP contribution in [0.15, 0.2) is 63.8 Å². The van der Waals surface area contributed by atoms with Crippen LogP contribution in [0.25, 0.3) is 22.4 Å². The van der Waals surface area contributed by atoms with Gasteiger partial charge in [-0.3, -0.25) is 4.79 Å². The molecule has 3 N–H and O–H groups in total. The highest BCUT2D eigenvalue weighted by molar-refractivity contribution is 6.06. The molecule has 0 bridgehead atoms. The fourth-order valence-electron chi connectivity index (χ4n) is 2.76. The summed E-state index contributed by atoms with van der Waals surface area (Å²) in [5, 5.41) is 2.83. The van der Waals surface area contributed by atoms with Crippen LogP contribution in [-0.4, -0.2) is 15.9 Å². The number of anilines is 1. The van der Waals surface area contributed by atoms with Crippen LogP contribution in [0.2, 0.25) is 0 Å². The monoisotopic (exact) mass is 333 g/mol. The molecular weight excluding hydrogens is 318 g/mol. The van der Waals surface area contributed by atoms with Crippen LogP contribution in [0.3, 0.4) is 0 Å². The Hall–Kier alpha value is -3.54. The molecule has 0 radical (unpaired) electrons. The number of aromatic nitrogens is 2. The highest BCUT2D eigenvalue weighted by Gasteiger charge is 2.16. The van der Waals surface area contributed by atoms with Gasteiger partial charge in [0, 0.05) is 11.3 Å². The number of benzene rings is 2. The van der Waals surface area contributed by atoms with Gasteiger partial charge in [0.2, 0.25) is 0 Å². The van der Waals surface area contributed by atoms with Crippen molar-refractivity contribution < 1.29 is 9.21 Å². The molecule has 1 amide bonds. The summed E-state index contributed by atoms with van der Waals surface area (Å²) in [4.78, 5) is 29.2. The van der Waals surface area contributed by atoms with Crippen molar-refractivity contribution in [2.45, 2.75) is 6.92 Å². The number of carbonyl (C=O) groups is 1. The number of amides is 1. The van der Waals surface area contributed by atoms with Crippen LogP contribution >= 0.6 is 0 Å². The smallest absolute Gasteiger partial charge is 0.323 e. The third-order valence-electron chi connectivity index (χ3n) is 3.99.